The van der Waals surface area contributed by atoms with Crippen molar-refractivity contribution in [2.75, 3.05) is 16.9 Å². The maximum atomic E-state index is 13.7. The third-order valence-corrected chi connectivity index (χ3v) is 6.55. The molecule has 0 radical (unpaired) electrons. The molecule has 1 aliphatic rings. The van der Waals surface area contributed by atoms with Crippen molar-refractivity contribution in [1.29, 1.82) is 0 Å². The van der Waals surface area contributed by atoms with Gasteiger partial charge in [0.2, 0.25) is 11.8 Å². The highest BCUT2D eigenvalue weighted by molar-refractivity contribution is 7.22. The van der Waals surface area contributed by atoms with Crippen LogP contribution in [0.15, 0.2) is 66.9 Å². The van der Waals surface area contributed by atoms with Crippen LogP contribution in [-0.2, 0) is 16.1 Å². The van der Waals surface area contributed by atoms with Crippen LogP contribution in [-0.4, -0.2) is 34.8 Å². The molecule has 1 fully saturated rings. The average Bonchev–Trinajstić information content (AvgIpc) is 3.44. The summed E-state index contributed by atoms with van der Waals surface area (Å²) in [5, 5.41) is 0.512. The van der Waals surface area contributed by atoms with E-state index in [2.05, 4.69) is 9.97 Å². The Kier molecular flexibility index (Phi) is 5.77. The molecule has 1 saturated heterocycles. The third-order valence-electron chi connectivity index (χ3n) is 5.51. The number of hydrogen-bond donors (Lipinski definition) is 0. The Hall–Kier alpha value is -4.11. The summed E-state index contributed by atoms with van der Waals surface area (Å²) in [6.45, 7) is 0.211. The van der Waals surface area contributed by atoms with E-state index in [-0.39, 0.29) is 37.1 Å². The van der Waals surface area contributed by atoms with Crippen LogP contribution in [0.1, 0.15) is 28.9 Å². The van der Waals surface area contributed by atoms with Gasteiger partial charge in [0.25, 0.3) is 5.91 Å². The molecule has 2 aromatic heterocycles. The van der Waals surface area contributed by atoms with Crippen molar-refractivity contribution < 1.29 is 19.1 Å². The van der Waals surface area contributed by atoms with Gasteiger partial charge in [-0.1, -0.05) is 23.5 Å². The Morgan fingerprint density at radius 2 is 1.88 bits per heavy atom. The number of carbonyl (C=O) groups is 3. The first kappa shape index (κ1) is 21.7. The molecule has 170 valence electrons. The molecule has 0 bridgehead atoms. The third kappa shape index (κ3) is 4.13. The summed E-state index contributed by atoms with van der Waals surface area (Å²) < 4.78 is 6.20. The number of pyridine rings is 1. The molecule has 5 rings (SSSR count). The topological polar surface area (TPSA) is 92.7 Å². The SMILES string of the molecule is COc1ccc2nc(N(Cc3ccccn3)C(=O)c3cccc(N4C(=O)CCC4=O)c3)sc2c1. The first-order valence-corrected chi connectivity index (χ1v) is 11.5. The molecule has 0 spiro atoms. The Bertz CT molecular complexity index is 1390. The van der Waals surface area contributed by atoms with E-state index in [1.165, 1.54) is 11.3 Å². The summed E-state index contributed by atoms with van der Waals surface area (Å²) in [5.41, 5.74) is 2.19. The number of thiazole rings is 1. The molecule has 3 heterocycles. The highest BCUT2D eigenvalue weighted by Gasteiger charge is 2.31. The van der Waals surface area contributed by atoms with Crippen LogP contribution in [0, 0.1) is 0 Å². The van der Waals surface area contributed by atoms with E-state index in [4.69, 9.17) is 4.74 Å². The number of anilines is 2. The fourth-order valence-corrected chi connectivity index (χ4v) is 4.81. The number of hydrogen-bond acceptors (Lipinski definition) is 7. The van der Waals surface area contributed by atoms with Crippen LogP contribution in [0.5, 0.6) is 5.75 Å². The summed E-state index contributed by atoms with van der Waals surface area (Å²) >= 11 is 1.38. The van der Waals surface area contributed by atoms with Gasteiger partial charge in [0, 0.05) is 24.6 Å². The van der Waals surface area contributed by atoms with Gasteiger partial charge in [-0.3, -0.25) is 29.2 Å². The zero-order chi connectivity index (χ0) is 23.7. The van der Waals surface area contributed by atoms with E-state index in [9.17, 15) is 14.4 Å². The smallest absolute Gasteiger partial charge is 0.260 e. The maximum Gasteiger partial charge on any atom is 0.260 e. The number of amides is 3. The monoisotopic (exact) mass is 472 g/mol. The van der Waals surface area contributed by atoms with Crippen LogP contribution in [0.2, 0.25) is 0 Å². The van der Waals surface area contributed by atoms with Crippen LogP contribution in [0.25, 0.3) is 10.2 Å². The van der Waals surface area contributed by atoms with Gasteiger partial charge in [0.1, 0.15) is 5.75 Å². The molecule has 8 nitrogen and oxygen atoms in total. The molecular formula is C25H20N4O4S. The van der Waals surface area contributed by atoms with Gasteiger partial charge in [-0.05, 0) is 48.5 Å². The second-order valence-corrected chi connectivity index (χ2v) is 8.72. The predicted molar refractivity (Wildman–Crippen MR) is 129 cm³/mol. The second-order valence-electron chi connectivity index (χ2n) is 7.72. The van der Waals surface area contributed by atoms with Crippen LogP contribution >= 0.6 is 11.3 Å². The van der Waals surface area contributed by atoms with Crippen LogP contribution in [0.3, 0.4) is 0 Å². The number of methoxy groups -OCH3 is 1. The van der Waals surface area contributed by atoms with E-state index < -0.39 is 0 Å². The minimum atomic E-state index is -0.308. The van der Waals surface area contributed by atoms with E-state index in [1.807, 2.05) is 36.4 Å². The average molecular weight is 473 g/mol. The highest BCUT2D eigenvalue weighted by atomic mass is 32.1. The molecule has 2 aromatic carbocycles. The predicted octanol–water partition coefficient (Wildman–Crippen LogP) is 4.20. The van der Waals surface area contributed by atoms with E-state index in [1.54, 1.807) is 42.5 Å². The van der Waals surface area contributed by atoms with Crippen molar-refractivity contribution in [2.45, 2.75) is 19.4 Å². The molecule has 0 unspecified atom stereocenters. The van der Waals surface area contributed by atoms with Crippen LogP contribution in [0.4, 0.5) is 10.8 Å². The van der Waals surface area contributed by atoms with Crippen molar-refractivity contribution in [1.82, 2.24) is 9.97 Å². The molecule has 34 heavy (non-hydrogen) atoms. The first-order valence-electron chi connectivity index (χ1n) is 10.7. The van der Waals surface area contributed by atoms with Crippen molar-refractivity contribution >= 4 is 50.1 Å². The van der Waals surface area contributed by atoms with Gasteiger partial charge in [-0.15, -0.1) is 0 Å². The highest BCUT2D eigenvalue weighted by Crippen LogP contribution is 2.33. The van der Waals surface area contributed by atoms with E-state index in [0.717, 1.165) is 15.1 Å². The molecule has 0 atom stereocenters. The van der Waals surface area contributed by atoms with Gasteiger partial charge < -0.3 is 4.74 Å². The summed E-state index contributed by atoms with van der Waals surface area (Å²) in [4.78, 5) is 49.9. The fraction of sp³-hybridized carbons (Fsp3) is 0.160. The molecule has 0 saturated carbocycles. The molecular weight excluding hydrogens is 452 g/mol. The zero-order valence-electron chi connectivity index (χ0n) is 18.3. The summed E-state index contributed by atoms with van der Waals surface area (Å²) in [6.07, 6.45) is 2.03. The van der Waals surface area contributed by atoms with Gasteiger partial charge >= 0.3 is 0 Å². The van der Waals surface area contributed by atoms with E-state index >= 15 is 0 Å². The largest absolute Gasteiger partial charge is 0.497 e. The van der Waals surface area contributed by atoms with Gasteiger partial charge in [-0.25, -0.2) is 4.98 Å². The molecule has 1 aliphatic heterocycles. The standard InChI is InChI=1S/C25H20N4O4S/c1-33-19-8-9-20-21(14-19)34-25(27-20)28(15-17-6-2-3-12-26-17)24(32)16-5-4-7-18(13-16)29-22(30)10-11-23(29)31/h2-9,12-14H,10-11,15H2,1H3. The molecule has 4 aromatic rings. The molecule has 0 N–H and O–H groups in total. The number of fused-ring (bicyclic) bond motifs is 1. The number of imide groups is 1. The molecule has 9 heteroatoms. The zero-order valence-corrected chi connectivity index (χ0v) is 19.1. The molecule has 3 amide bonds. The Labute approximate surface area is 199 Å². The number of benzene rings is 2. The lowest BCUT2D eigenvalue weighted by atomic mass is 10.1. The summed E-state index contributed by atoms with van der Waals surface area (Å²) in [6, 6.07) is 17.6. The van der Waals surface area contributed by atoms with Crippen molar-refractivity contribution in [3.05, 3.63) is 78.1 Å². The minimum absolute atomic E-state index is 0.179. The lowest BCUT2D eigenvalue weighted by Gasteiger charge is -2.21. The molecule has 0 aliphatic carbocycles. The normalized spacial score (nSPS) is 13.5. The van der Waals surface area contributed by atoms with Crippen molar-refractivity contribution in [3.8, 4) is 5.75 Å². The quantitative estimate of drug-likeness (QED) is 0.391. The lowest BCUT2D eigenvalue weighted by Crippen LogP contribution is -2.32. The second kappa shape index (κ2) is 9.03. The van der Waals surface area contributed by atoms with Crippen molar-refractivity contribution in [2.24, 2.45) is 0 Å². The van der Waals surface area contributed by atoms with Crippen molar-refractivity contribution in [3.63, 3.8) is 0 Å². The first-order chi connectivity index (χ1) is 16.5. The van der Waals surface area contributed by atoms with E-state index in [0.29, 0.717) is 27.8 Å². The summed E-state index contributed by atoms with van der Waals surface area (Å²) in [5.74, 6) is -0.129. The minimum Gasteiger partial charge on any atom is -0.497 e. The number of rotatable bonds is 6. The maximum absolute atomic E-state index is 13.7. The fourth-order valence-electron chi connectivity index (χ4n) is 3.81. The lowest BCUT2D eigenvalue weighted by molar-refractivity contribution is -0.121. The number of carbonyl (C=O) groups excluding carboxylic acids is 3. The Balaban J connectivity index is 1.54. The summed E-state index contributed by atoms with van der Waals surface area (Å²) in [7, 11) is 1.60. The van der Waals surface area contributed by atoms with Gasteiger partial charge in [0.15, 0.2) is 5.13 Å². The van der Waals surface area contributed by atoms with Gasteiger partial charge in [-0.2, -0.15) is 0 Å². The van der Waals surface area contributed by atoms with Gasteiger partial charge in [0.05, 0.1) is 35.3 Å². The van der Waals surface area contributed by atoms with Crippen LogP contribution < -0.4 is 14.5 Å². The number of nitrogens with zero attached hydrogens (tertiary/aromatic N) is 4. The Morgan fingerprint density at radius 1 is 1.06 bits per heavy atom. The number of ether oxygens (including phenoxy) is 1. The Morgan fingerprint density at radius 3 is 2.62 bits per heavy atom. The number of aromatic nitrogens is 2.